The second-order valence-corrected chi connectivity index (χ2v) is 9.88. The largest absolute Gasteiger partial charge is 0.489 e. The molecular formula is C31H30N2O5. The lowest BCUT2D eigenvalue weighted by Crippen LogP contribution is -2.42. The van der Waals surface area contributed by atoms with Crippen molar-refractivity contribution in [2.75, 3.05) is 39.4 Å². The summed E-state index contributed by atoms with van der Waals surface area (Å²) in [5.74, 6) is 0.559. The van der Waals surface area contributed by atoms with Crippen molar-refractivity contribution in [3.8, 4) is 5.75 Å². The SMILES string of the molecule is Cc1ccc2oc3c(c(=O)c2c1)C(c1cccc(OCc2ccccc2)c1)N(CCN1CCOCC1)C3=O. The van der Waals surface area contributed by atoms with Crippen LogP contribution in [-0.2, 0) is 11.3 Å². The average molecular weight is 511 g/mol. The zero-order valence-electron chi connectivity index (χ0n) is 21.4. The predicted molar refractivity (Wildman–Crippen MR) is 145 cm³/mol. The minimum absolute atomic E-state index is 0.133. The van der Waals surface area contributed by atoms with Crippen molar-refractivity contribution >= 4 is 16.9 Å². The van der Waals surface area contributed by atoms with Crippen molar-refractivity contribution in [3.63, 3.8) is 0 Å². The summed E-state index contributed by atoms with van der Waals surface area (Å²) < 4.78 is 17.7. The Morgan fingerprint density at radius 1 is 0.921 bits per heavy atom. The van der Waals surface area contributed by atoms with Gasteiger partial charge in [0.05, 0.1) is 30.2 Å². The molecule has 4 aromatic rings. The molecule has 1 amide bonds. The minimum atomic E-state index is -0.556. The Labute approximate surface area is 221 Å². The van der Waals surface area contributed by atoms with Gasteiger partial charge in [0.2, 0.25) is 5.76 Å². The summed E-state index contributed by atoms with van der Waals surface area (Å²) in [7, 11) is 0. The van der Waals surface area contributed by atoms with E-state index in [1.807, 2.05) is 73.7 Å². The third-order valence-corrected chi connectivity index (χ3v) is 7.30. The average Bonchev–Trinajstić information content (AvgIpc) is 3.24. The summed E-state index contributed by atoms with van der Waals surface area (Å²) >= 11 is 0. The van der Waals surface area contributed by atoms with Crippen molar-refractivity contribution in [2.45, 2.75) is 19.6 Å². The number of rotatable bonds is 7. The van der Waals surface area contributed by atoms with Crippen LogP contribution < -0.4 is 10.2 Å². The fourth-order valence-electron chi connectivity index (χ4n) is 5.30. The van der Waals surface area contributed by atoms with Crippen LogP contribution in [0.4, 0.5) is 0 Å². The van der Waals surface area contributed by atoms with E-state index in [9.17, 15) is 9.59 Å². The number of carbonyl (C=O) groups is 1. The molecule has 6 rings (SSSR count). The molecule has 3 aromatic carbocycles. The monoisotopic (exact) mass is 510 g/mol. The number of hydrogen-bond donors (Lipinski definition) is 0. The van der Waals surface area contributed by atoms with Crippen molar-refractivity contribution in [1.82, 2.24) is 9.80 Å². The Bertz CT molecular complexity index is 1520. The van der Waals surface area contributed by atoms with Crippen LogP contribution in [-0.4, -0.2) is 55.1 Å². The normalized spacial score (nSPS) is 17.7. The molecule has 0 N–H and O–H groups in total. The zero-order valence-corrected chi connectivity index (χ0v) is 21.4. The van der Waals surface area contributed by atoms with E-state index in [1.54, 1.807) is 11.0 Å². The Morgan fingerprint density at radius 2 is 1.74 bits per heavy atom. The number of hydrogen-bond acceptors (Lipinski definition) is 6. The highest BCUT2D eigenvalue weighted by molar-refractivity contribution is 5.99. The maximum atomic E-state index is 13.9. The number of aryl methyl sites for hydroxylation is 1. The first-order chi connectivity index (χ1) is 18.6. The highest BCUT2D eigenvalue weighted by atomic mass is 16.5. The van der Waals surface area contributed by atoms with E-state index in [-0.39, 0.29) is 17.1 Å². The van der Waals surface area contributed by atoms with Gasteiger partial charge < -0.3 is 18.8 Å². The molecule has 0 saturated carbocycles. The summed E-state index contributed by atoms with van der Waals surface area (Å²) in [5, 5.41) is 0.494. The summed E-state index contributed by atoms with van der Waals surface area (Å²) in [6.07, 6.45) is 0. The smallest absolute Gasteiger partial charge is 0.290 e. The van der Waals surface area contributed by atoms with E-state index in [2.05, 4.69) is 4.90 Å². The number of morpholine rings is 1. The van der Waals surface area contributed by atoms with Crippen LogP contribution in [0.2, 0.25) is 0 Å². The van der Waals surface area contributed by atoms with Gasteiger partial charge in [-0.1, -0.05) is 54.1 Å². The van der Waals surface area contributed by atoms with Crippen LogP contribution in [0.5, 0.6) is 5.75 Å². The van der Waals surface area contributed by atoms with E-state index < -0.39 is 6.04 Å². The highest BCUT2D eigenvalue weighted by Gasteiger charge is 2.42. The quantitative estimate of drug-likeness (QED) is 0.363. The van der Waals surface area contributed by atoms with Crippen LogP contribution in [0.25, 0.3) is 11.0 Å². The van der Waals surface area contributed by atoms with Gasteiger partial charge in [0.25, 0.3) is 5.91 Å². The van der Waals surface area contributed by atoms with Gasteiger partial charge >= 0.3 is 0 Å². The number of nitrogens with zero attached hydrogens (tertiary/aromatic N) is 2. The van der Waals surface area contributed by atoms with Gasteiger partial charge in [0.15, 0.2) is 5.43 Å². The molecular weight excluding hydrogens is 480 g/mol. The molecule has 0 radical (unpaired) electrons. The minimum Gasteiger partial charge on any atom is -0.489 e. The standard InChI is InChI=1S/C31H30N2O5/c1-21-10-11-26-25(18-21)29(34)27-28(23-8-5-9-24(19-23)37-20-22-6-3-2-4-7-22)33(31(35)30(27)38-26)13-12-32-14-16-36-17-15-32/h2-11,18-19,28H,12-17,20H2,1H3. The summed E-state index contributed by atoms with van der Waals surface area (Å²) in [6, 6.07) is 22.6. The zero-order chi connectivity index (χ0) is 26.1. The van der Waals surface area contributed by atoms with E-state index in [0.717, 1.165) is 29.8 Å². The number of ether oxygens (including phenoxy) is 2. The predicted octanol–water partition coefficient (Wildman–Crippen LogP) is 4.56. The van der Waals surface area contributed by atoms with Crippen LogP contribution in [0.15, 0.2) is 82.0 Å². The van der Waals surface area contributed by atoms with Crippen molar-refractivity contribution in [2.24, 2.45) is 0 Å². The Morgan fingerprint density at radius 3 is 2.55 bits per heavy atom. The lowest BCUT2D eigenvalue weighted by atomic mass is 9.98. The molecule has 7 heteroatoms. The maximum Gasteiger partial charge on any atom is 0.290 e. The fraction of sp³-hybridized carbons (Fsp3) is 0.290. The maximum absolute atomic E-state index is 13.9. The molecule has 2 aliphatic heterocycles. The molecule has 38 heavy (non-hydrogen) atoms. The molecule has 1 unspecified atom stereocenters. The van der Waals surface area contributed by atoms with Crippen molar-refractivity contribution in [1.29, 1.82) is 0 Å². The van der Waals surface area contributed by atoms with E-state index in [4.69, 9.17) is 13.9 Å². The van der Waals surface area contributed by atoms with Crippen LogP contribution in [0.1, 0.15) is 38.9 Å². The van der Waals surface area contributed by atoms with Crippen LogP contribution in [0, 0.1) is 6.92 Å². The molecule has 1 atom stereocenters. The second-order valence-electron chi connectivity index (χ2n) is 9.88. The molecule has 0 spiro atoms. The number of benzene rings is 3. The van der Waals surface area contributed by atoms with Gasteiger partial charge in [-0.05, 0) is 42.3 Å². The molecule has 194 valence electrons. The number of fused-ring (bicyclic) bond motifs is 2. The van der Waals surface area contributed by atoms with Gasteiger partial charge in [0.1, 0.15) is 17.9 Å². The topological polar surface area (TPSA) is 72.2 Å². The third kappa shape index (κ3) is 4.71. The first-order valence-corrected chi connectivity index (χ1v) is 13.0. The Hall–Kier alpha value is -3.94. The first-order valence-electron chi connectivity index (χ1n) is 13.0. The second kappa shape index (κ2) is 10.4. The van der Waals surface area contributed by atoms with Gasteiger partial charge in [-0.2, -0.15) is 0 Å². The Balaban J connectivity index is 1.38. The molecule has 0 bridgehead atoms. The fourth-order valence-corrected chi connectivity index (χ4v) is 5.30. The van der Waals surface area contributed by atoms with E-state index >= 15 is 0 Å². The van der Waals surface area contributed by atoms with Gasteiger partial charge in [-0.25, -0.2) is 0 Å². The molecule has 7 nitrogen and oxygen atoms in total. The molecule has 1 aromatic heterocycles. The molecule has 0 aliphatic carbocycles. The lowest BCUT2D eigenvalue weighted by molar-refractivity contribution is 0.0314. The lowest BCUT2D eigenvalue weighted by Gasteiger charge is -2.31. The van der Waals surface area contributed by atoms with Gasteiger partial charge in [0, 0.05) is 26.2 Å². The molecule has 1 fully saturated rings. The first kappa shape index (κ1) is 24.4. The van der Waals surface area contributed by atoms with Crippen LogP contribution >= 0.6 is 0 Å². The van der Waals surface area contributed by atoms with Crippen molar-refractivity contribution in [3.05, 3.63) is 111 Å². The summed E-state index contributed by atoms with van der Waals surface area (Å²) in [5.41, 5.74) is 3.52. The highest BCUT2D eigenvalue weighted by Crippen LogP contribution is 2.39. The summed E-state index contributed by atoms with van der Waals surface area (Å²) in [6.45, 7) is 6.54. The molecule has 3 heterocycles. The van der Waals surface area contributed by atoms with Crippen molar-refractivity contribution < 1.29 is 18.7 Å². The van der Waals surface area contributed by atoms with E-state index in [1.165, 1.54) is 0 Å². The third-order valence-electron chi connectivity index (χ3n) is 7.30. The Kier molecular flexibility index (Phi) is 6.70. The summed E-state index contributed by atoms with van der Waals surface area (Å²) in [4.78, 5) is 31.6. The number of carbonyl (C=O) groups excluding carboxylic acids is 1. The van der Waals surface area contributed by atoms with Gasteiger partial charge in [-0.3, -0.25) is 14.5 Å². The molecule has 2 aliphatic rings. The number of amides is 1. The molecule has 1 saturated heterocycles. The van der Waals surface area contributed by atoms with Gasteiger partial charge in [-0.15, -0.1) is 0 Å². The van der Waals surface area contributed by atoms with E-state index in [0.29, 0.717) is 55.2 Å². The van der Waals surface area contributed by atoms with Crippen LogP contribution in [0.3, 0.4) is 0 Å².